The molecule has 0 aliphatic heterocycles. The van der Waals surface area contributed by atoms with Gasteiger partial charge in [-0.15, -0.1) is 0 Å². The van der Waals surface area contributed by atoms with Crippen LogP contribution in [-0.4, -0.2) is 22.1 Å². The molecule has 3 rings (SSSR count). The minimum atomic E-state index is -0.664. The van der Waals surface area contributed by atoms with Gasteiger partial charge in [0.1, 0.15) is 11.6 Å². The van der Waals surface area contributed by atoms with Crippen molar-refractivity contribution in [2.24, 2.45) is 0 Å². The van der Waals surface area contributed by atoms with Crippen molar-refractivity contribution in [2.45, 2.75) is 6.10 Å². The maximum absolute atomic E-state index is 13.0. The van der Waals surface area contributed by atoms with Gasteiger partial charge >= 0.3 is 0 Å². The number of hydrogen-bond donors (Lipinski definition) is 1. The second-order valence-electron chi connectivity index (χ2n) is 4.49. The lowest BCUT2D eigenvalue weighted by Gasteiger charge is -2.14. The molecule has 3 aromatic rings. The van der Waals surface area contributed by atoms with Crippen LogP contribution in [0.3, 0.4) is 0 Å². The zero-order valence-corrected chi connectivity index (χ0v) is 11.2. The Morgan fingerprint density at radius 2 is 2.05 bits per heavy atom. The van der Waals surface area contributed by atoms with Gasteiger partial charge in [0, 0.05) is 7.11 Å². The number of ether oxygens (including phenoxy) is 1. The maximum Gasteiger partial charge on any atom is 0.258 e. The van der Waals surface area contributed by atoms with E-state index in [0.717, 1.165) is 6.20 Å². The Kier molecular flexibility index (Phi) is 3.45. The summed E-state index contributed by atoms with van der Waals surface area (Å²) >= 11 is 0. The molecule has 0 amide bonds. The largest absolute Gasteiger partial charge is 0.367 e. The summed E-state index contributed by atoms with van der Waals surface area (Å²) in [6.07, 6.45) is 0.434. The number of fused-ring (bicyclic) bond motifs is 1. The summed E-state index contributed by atoms with van der Waals surface area (Å²) < 4.78 is 18.3. The fourth-order valence-electron chi connectivity index (χ4n) is 2.14. The average molecular weight is 285 g/mol. The number of benzene rings is 1. The van der Waals surface area contributed by atoms with Crippen molar-refractivity contribution >= 4 is 10.9 Å². The monoisotopic (exact) mass is 285 g/mol. The van der Waals surface area contributed by atoms with Crippen LogP contribution >= 0.6 is 0 Å². The van der Waals surface area contributed by atoms with Crippen LogP contribution in [0, 0.1) is 5.82 Å². The highest BCUT2D eigenvalue weighted by Gasteiger charge is 2.18. The Morgan fingerprint density at radius 3 is 2.76 bits per heavy atom. The van der Waals surface area contributed by atoms with Gasteiger partial charge in [-0.1, -0.05) is 12.1 Å². The predicted molar refractivity (Wildman–Crippen MR) is 75.4 cm³/mol. The second-order valence-corrected chi connectivity index (χ2v) is 4.49. The number of nitrogens with zero attached hydrogens (tertiary/aromatic N) is 2. The van der Waals surface area contributed by atoms with Gasteiger partial charge in [-0.25, -0.2) is 9.37 Å². The van der Waals surface area contributed by atoms with E-state index in [4.69, 9.17) is 4.74 Å². The normalized spacial score (nSPS) is 12.5. The van der Waals surface area contributed by atoms with Gasteiger partial charge in [-0.2, -0.15) is 0 Å². The van der Waals surface area contributed by atoms with Gasteiger partial charge in [0.15, 0.2) is 6.10 Å². The van der Waals surface area contributed by atoms with Crippen molar-refractivity contribution < 1.29 is 9.13 Å². The zero-order valence-electron chi connectivity index (χ0n) is 11.2. The first-order valence-electron chi connectivity index (χ1n) is 6.32. The highest BCUT2D eigenvalue weighted by atomic mass is 19.1. The van der Waals surface area contributed by atoms with Gasteiger partial charge in [-0.3, -0.25) is 9.78 Å². The number of H-pyrrole nitrogens is 1. The van der Waals surface area contributed by atoms with Crippen LogP contribution in [0.1, 0.15) is 17.6 Å². The lowest BCUT2D eigenvalue weighted by molar-refractivity contribution is 0.125. The number of hydrogen-bond acceptors (Lipinski definition) is 4. The van der Waals surface area contributed by atoms with Crippen LogP contribution in [0.4, 0.5) is 4.39 Å². The number of aromatic nitrogens is 3. The smallest absolute Gasteiger partial charge is 0.258 e. The van der Waals surface area contributed by atoms with Gasteiger partial charge in [0.05, 0.1) is 22.8 Å². The second kappa shape index (κ2) is 5.41. The van der Waals surface area contributed by atoms with E-state index in [0.29, 0.717) is 22.4 Å². The molecule has 0 aliphatic rings. The number of nitrogens with one attached hydrogen (secondary N) is 1. The van der Waals surface area contributed by atoms with Crippen molar-refractivity contribution in [2.75, 3.05) is 7.11 Å². The van der Waals surface area contributed by atoms with E-state index < -0.39 is 11.9 Å². The van der Waals surface area contributed by atoms with Crippen molar-refractivity contribution in [3.8, 4) is 0 Å². The summed E-state index contributed by atoms with van der Waals surface area (Å²) in [5.41, 5.74) is 0.789. The number of halogens is 1. The minimum absolute atomic E-state index is 0.250. The van der Waals surface area contributed by atoms with Gasteiger partial charge < -0.3 is 9.72 Å². The molecule has 106 valence electrons. The van der Waals surface area contributed by atoms with E-state index in [1.54, 1.807) is 24.3 Å². The van der Waals surface area contributed by atoms with Crippen LogP contribution in [0.25, 0.3) is 10.9 Å². The predicted octanol–water partition coefficient (Wildman–Crippen LogP) is 2.19. The number of methoxy groups -OCH3 is 1. The summed E-state index contributed by atoms with van der Waals surface area (Å²) in [6.45, 7) is 0. The van der Waals surface area contributed by atoms with Crippen LogP contribution < -0.4 is 5.56 Å². The molecular weight excluding hydrogens is 273 g/mol. The standard InChI is InChI=1S/C15H12FN3O2/c1-21-13(12-7-6-9(16)8-17-12)14-18-11-5-3-2-4-10(11)15(20)19-14/h2-8,13H,1H3,(H,18,19,20). The van der Waals surface area contributed by atoms with Crippen molar-refractivity contribution in [1.29, 1.82) is 0 Å². The molecule has 0 bridgehead atoms. The van der Waals surface area contributed by atoms with Crippen molar-refractivity contribution in [3.05, 3.63) is 70.3 Å². The van der Waals surface area contributed by atoms with Gasteiger partial charge in [-0.05, 0) is 24.3 Å². The topological polar surface area (TPSA) is 67.9 Å². The summed E-state index contributed by atoms with van der Waals surface area (Å²) in [4.78, 5) is 23.1. The van der Waals surface area contributed by atoms with E-state index in [1.165, 1.54) is 19.2 Å². The van der Waals surface area contributed by atoms with E-state index in [2.05, 4.69) is 15.0 Å². The van der Waals surface area contributed by atoms with E-state index in [1.807, 2.05) is 0 Å². The first-order valence-corrected chi connectivity index (χ1v) is 6.32. The van der Waals surface area contributed by atoms with E-state index >= 15 is 0 Å². The molecule has 0 aliphatic carbocycles. The average Bonchev–Trinajstić information content (AvgIpc) is 2.50. The first-order chi connectivity index (χ1) is 10.2. The lowest BCUT2D eigenvalue weighted by atomic mass is 10.2. The third-order valence-corrected chi connectivity index (χ3v) is 3.13. The molecule has 2 heterocycles. The van der Waals surface area contributed by atoms with Crippen LogP contribution in [0.2, 0.25) is 0 Å². The highest BCUT2D eigenvalue weighted by molar-refractivity contribution is 5.77. The molecule has 2 aromatic heterocycles. The first kappa shape index (κ1) is 13.4. The van der Waals surface area contributed by atoms with Crippen molar-refractivity contribution in [1.82, 2.24) is 15.0 Å². The fraction of sp³-hybridized carbons (Fsp3) is 0.133. The minimum Gasteiger partial charge on any atom is -0.367 e. The van der Waals surface area contributed by atoms with Crippen LogP contribution in [0.15, 0.2) is 47.4 Å². The Labute approximate surface area is 119 Å². The quantitative estimate of drug-likeness (QED) is 0.801. The van der Waals surface area contributed by atoms with E-state index in [-0.39, 0.29) is 5.56 Å². The van der Waals surface area contributed by atoms with Crippen LogP contribution in [0.5, 0.6) is 0 Å². The highest BCUT2D eigenvalue weighted by Crippen LogP contribution is 2.21. The Bertz CT molecular complexity index is 830. The Hall–Kier alpha value is -2.60. The number of pyridine rings is 1. The summed E-state index contributed by atoms with van der Waals surface area (Å²) in [6, 6.07) is 9.80. The molecule has 21 heavy (non-hydrogen) atoms. The van der Waals surface area contributed by atoms with Gasteiger partial charge in [0.25, 0.3) is 5.56 Å². The SMILES string of the molecule is COC(c1ccc(F)cn1)c1nc2ccccc2c(=O)[nH]1. The maximum atomic E-state index is 13.0. The summed E-state index contributed by atoms with van der Waals surface area (Å²) in [5.74, 6) is -0.103. The molecule has 1 aromatic carbocycles. The molecular formula is C15H12FN3O2. The molecule has 6 heteroatoms. The van der Waals surface area contributed by atoms with Crippen LogP contribution in [-0.2, 0) is 4.74 Å². The lowest BCUT2D eigenvalue weighted by Crippen LogP contribution is -2.17. The van der Waals surface area contributed by atoms with Crippen molar-refractivity contribution in [3.63, 3.8) is 0 Å². The molecule has 1 atom stereocenters. The number of rotatable bonds is 3. The number of para-hydroxylation sites is 1. The molecule has 0 saturated carbocycles. The van der Waals surface area contributed by atoms with E-state index in [9.17, 15) is 9.18 Å². The summed E-state index contributed by atoms with van der Waals surface area (Å²) in [7, 11) is 1.48. The Balaban J connectivity index is 2.13. The molecule has 0 saturated heterocycles. The fourth-order valence-corrected chi connectivity index (χ4v) is 2.14. The molecule has 5 nitrogen and oxygen atoms in total. The molecule has 1 N–H and O–H groups in total. The summed E-state index contributed by atoms with van der Waals surface area (Å²) in [5, 5.41) is 0.503. The zero-order chi connectivity index (χ0) is 14.8. The molecule has 1 unspecified atom stereocenters. The van der Waals surface area contributed by atoms with Gasteiger partial charge in [0.2, 0.25) is 0 Å². The Morgan fingerprint density at radius 1 is 1.24 bits per heavy atom. The molecule has 0 spiro atoms. The number of aromatic amines is 1. The third-order valence-electron chi connectivity index (χ3n) is 3.13. The molecule has 0 radical (unpaired) electrons. The molecule has 0 fully saturated rings. The third kappa shape index (κ3) is 2.53.